The van der Waals surface area contributed by atoms with Crippen LogP contribution in [0.25, 0.3) is 0 Å². The van der Waals surface area contributed by atoms with Crippen LogP contribution in [-0.4, -0.2) is 19.6 Å². The van der Waals surface area contributed by atoms with Gasteiger partial charge in [-0.2, -0.15) is 10.2 Å². The van der Waals surface area contributed by atoms with E-state index in [2.05, 4.69) is 62.6 Å². The van der Waals surface area contributed by atoms with Crippen LogP contribution in [0.4, 0.5) is 0 Å². The molecular weight excluding hydrogens is 260 g/mol. The summed E-state index contributed by atoms with van der Waals surface area (Å²) in [5.74, 6) is 1.05. The summed E-state index contributed by atoms with van der Waals surface area (Å²) < 4.78 is 4.08. The first-order valence-electron chi connectivity index (χ1n) is 7.85. The molecule has 2 heterocycles. The van der Waals surface area contributed by atoms with Gasteiger partial charge in [0.15, 0.2) is 0 Å². The quantitative estimate of drug-likeness (QED) is 0.837. The molecule has 116 valence electrons. The SMILES string of the molecule is Cc1nn(CCC(C)c2c(C)nn(C)c2C)cc1C(C)C. The van der Waals surface area contributed by atoms with Crippen LogP contribution in [0.15, 0.2) is 6.20 Å². The lowest BCUT2D eigenvalue weighted by molar-refractivity contribution is 0.528. The minimum Gasteiger partial charge on any atom is -0.272 e. The average molecular weight is 288 g/mol. The summed E-state index contributed by atoms with van der Waals surface area (Å²) in [5, 5.41) is 9.17. The third-order valence-electron chi connectivity index (χ3n) is 4.46. The van der Waals surface area contributed by atoms with E-state index < -0.39 is 0 Å². The Bertz CT molecular complexity index is 619. The van der Waals surface area contributed by atoms with Crippen LogP contribution >= 0.6 is 0 Å². The van der Waals surface area contributed by atoms with Crippen LogP contribution in [0.3, 0.4) is 0 Å². The van der Waals surface area contributed by atoms with E-state index in [1.807, 2.05) is 11.7 Å². The zero-order chi connectivity index (χ0) is 15.7. The van der Waals surface area contributed by atoms with E-state index in [9.17, 15) is 0 Å². The predicted molar refractivity (Wildman–Crippen MR) is 86.8 cm³/mol. The maximum absolute atomic E-state index is 4.64. The number of nitrogens with zero attached hydrogens (tertiary/aromatic N) is 4. The Morgan fingerprint density at radius 1 is 1.05 bits per heavy atom. The molecule has 1 unspecified atom stereocenters. The van der Waals surface area contributed by atoms with Crippen molar-refractivity contribution < 1.29 is 0 Å². The molecule has 0 radical (unpaired) electrons. The van der Waals surface area contributed by atoms with Crippen LogP contribution in [0.2, 0.25) is 0 Å². The van der Waals surface area contributed by atoms with Gasteiger partial charge in [0.1, 0.15) is 0 Å². The molecule has 0 saturated heterocycles. The Kier molecular flexibility index (Phi) is 4.55. The number of rotatable bonds is 5. The molecule has 2 rings (SSSR count). The Balaban J connectivity index is 2.07. The fourth-order valence-electron chi connectivity index (χ4n) is 3.19. The molecule has 0 aliphatic rings. The molecule has 0 aliphatic carbocycles. The number of hydrogen-bond donors (Lipinski definition) is 0. The van der Waals surface area contributed by atoms with Crippen molar-refractivity contribution >= 4 is 0 Å². The van der Waals surface area contributed by atoms with E-state index >= 15 is 0 Å². The molecule has 2 aromatic rings. The Morgan fingerprint density at radius 3 is 2.19 bits per heavy atom. The fraction of sp³-hybridized carbons (Fsp3) is 0.647. The topological polar surface area (TPSA) is 35.6 Å². The normalized spacial score (nSPS) is 13.1. The molecule has 0 fully saturated rings. The molecular formula is C17H28N4. The van der Waals surface area contributed by atoms with Crippen molar-refractivity contribution in [3.8, 4) is 0 Å². The van der Waals surface area contributed by atoms with Gasteiger partial charge < -0.3 is 0 Å². The van der Waals surface area contributed by atoms with Gasteiger partial charge in [-0.25, -0.2) is 0 Å². The highest BCUT2D eigenvalue weighted by Crippen LogP contribution is 2.26. The first-order valence-corrected chi connectivity index (χ1v) is 7.85. The number of aromatic nitrogens is 4. The summed E-state index contributed by atoms with van der Waals surface area (Å²) in [7, 11) is 2.02. The first-order chi connectivity index (χ1) is 9.81. The Morgan fingerprint density at radius 2 is 1.71 bits per heavy atom. The van der Waals surface area contributed by atoms with Crippen LogP contribution in [0.1, 0.15) is 67.2 Å². The van der Waals surface area contributed by atoms with Crippen molar-refractivity contribution in [3.63, 3.8) is 0 Å². The van der Waals surface area contributed by atoms with Crippen molar-refractivity contribution in [1.82, 2.24) is 19.6 Å². The van der Waals surface area contributed by atoms with Gasteiger partial charge in [-0.15, -0.1) is 0 Å². The molecule has 0 N–H and O–H groups in total. The standard InChI is InChI=1S/C17H28N4/c1-11(2)16-10-21(19-13(16)4)9-8-12(3)17-14(5)18-20(7)15(17)6/h10-12H,8-9H2,1-7H3. The van der Waals surface area contributed by atoms with E-state index in [1.165, 1.54) is 16.8 Å². The molecule has 0 aromatic carbocycles. The van der Waals surface area contributed by atoms with Crippen LogP contribution in [0, 0.1) is 20.8 Å². The number of aryl methyl sites for hydroxylation is 4. The highest BCUT2D eigenvalue weighted by Gasteiger charge is 2.17. The molecule has 0 aliphatic heterocycles. The molecule has 0 saturated carbocycles. The lowest BCUT2D eigenvalue weighted by atomic mass is 9.96. The Hall–Kier alpha value is -1.58. The molecule has 0 bridgehead atoms. The van der Waals surface area contributed by atoms with E-state index in [1.54, 1.807) is 0 Å². The van der Waals surface area contributed by atoms with E-state index in [0.717, 1.165) is 24.4 Å². The highest BCUT2D eigenvalue weighted by atomic mass is 15.3. The molecule has 0 spiro atoms. The largest absolute Gasteiger partial charge is 0.272 e. The summed E-state index contributed by atoms with van der Waals surface area (Å²) in [4.78, 5) is 0. The molecule has 2 aromatic heterocycles. The van der Waals surface area contributed by atoms with Crippen molar-refractivity contribution in [1.29, 1.82) is 0 Å². The molecule has 4 nitrogen and oxygen atoms in total. The van der Waals surface area contributed by atoms with Gasteiger partial charge in [-0.05, 0) is 50.2 Å². The minimum absolute atomic E-state index is 0.505. The minimum atomic E-state index is 0.505. The van der Waals surface area contributed by atoms with Gasteiger partial charge >= 0.3 is 0 Å². The van der Waals surface area contributed by atoms with Crippen molar-refractivity contribution in [3.05, 3.63) is 34.4 Å². The van der Waals surface area contributed by atoms with Crippen molar-refractivity contribution in [2.24, 2.45) is 7.05 Å². The monoisotopic (exact) mass is 288 g/mol. The third-order valence-corrected chi connectivity index (χ3v) is 4.46. The molecule has 21 heavy (non-hydrogen) atoms. The van der Waals surface area contributed by atoms with E-state index in [4.69, 9.17) is 0 Å². The lowest BCUT2D eigenvalue weighted by Crippen LogP contribution is -2.05. The van der Waals surface area contributed by atoms with Gasteiger partial charge in [-0.1, -0.05) is 20.8 Å². The van der Waals surface area contributed by atoms with Gasteiger partial charge in [0.25, 0.3) is 0 Å². The molecule has 4 heteroatoms. The smallest absolute Gasteiger partial charge is 0.0631 e. The van der Waals surface area contributed by atoms with Gasteiger partial charge in [0, 0.05) is 25.5 Å². The molecule has 1 atom stereocenters. The van der Waals surface area contributed by atoms with Crippen LogP contribution in [0.5, 0.6) is 0 Å². The summed E-state index contributed by atoms with van der Waals surface area (Å²) in [6.07, 6.45) is 3.29. The second-order valence-electron chi connectivity index (χ2n) is 6.49. The van der Waals surface area contributed by atoms with Crippen molar-refractivity contribution in [2.75, 3.05) is 0 Å². The maximum atomic E-state index is 4.64. The predicted octanol–water partition coefficient (Wildman–Crippen LogP) is 3.86. The van der Waals surface area contributed by atoms with Gasteiger partial charge in [0.05, 0.1) is 11.4 Å². The summed E-state index contributed by atoms with van der Waals surface area (Å²) in [6.45, 7) is 14.1. The average Bonchev–Trinajstić information content (AvgIpc) is 2.88. The molecule has 0 amide bonds. The highest BCUT2D eigenvalue weighted by molar-refractivity contribution is 5.28. The lowest BCUT2D eigenvalue weighted by Gasteiger charge is -2.12. The fourth-order valence-corrected chi connectivity index (χ4v) is 3.19. The summed E-state index contributed by atoms with van der Waals surface area (Å²) in [5.41, 5.74) is 6.34. The Labute approximate surface area is 128 Å². The second-order valence-corrected chi connectivity index (χ2v) is 6.49. The third kappa shape index (κ3) is 3.20. The van der Waals surface area contributed by atoms with Gasteiger partial charge in [-0.3, -0.25) is 9.36 Å². The van der Waals surface area contributed by atoms with Crippen LogP contribution < -0.4 is 0 Å². The van der Waals surface area contributed by atoms with E-state index in [0.29, 0.717) is 11.8 Å². The van der Waals surface area contributed by atoms with Gasteiger partial charge in [0.2, 0.25) is 0 Å². The van der Waals surface area contributed by atoms with E-state index in [-0.39, 0.29) is 0 Å². The number of hydrogen-bond acceptors (Lipinski definition) is 2. The summed E-state index contributed by atoms with van der Waals surface area (Å²) >= 11 is 0. The second kappa shape index (κ2) is 6.04. The zero-order valence-corrected chi connectivity index (χ0v) is 14.4. The summed E-state index contributed by atoms with van der Waals surface area (Å²) in [6, 6.07) is 0. The maximum Gasteiger partial charge on any atom is 0.0631 e. The van der Waals surface area contributed by atoms with Crippen molar-refractivity contribution in [2.45, 2.75) is 66.3 Å². The first kappa shape index (κ1) is 15.8. The zero-order valence-electron chi connectivity index (χ0n) is 14.4. The van der Waals surface area contributed by atoms with Crippen LogP contribution in [-0.2, 0) is 13.6 Å².